The van der Waals surface area contributed by atoms with Crippen molar-refractivity contribution in [3.63, 3.8) is 0 Å². The smallest absolute Gasteiger partial charge is 0.476 e. The van der Waals surface area contributed by atoms with Gasteiger partial charge in [0.15, 0.2) is 29.6 Å². The van der Waals surface area contributed by atoms with Gasteiger partial charge in [-0.25, -0.2) is 19.2 Å². The van der Waals surface area contributed by atoms with Crippen LogP contribution in [-0.2, 0) is 4.79 Å². The first-order valence-corrected chi connectivity index (χ1v) is 16.3. The van der Waals surface area contributed by atoms with Crippen molar-refractivity contribution >= 4 is 46.5 Å². The van der Waals surface area contributed by atoms with Crippen molar-refractivity contribution in [2.24, 2.45) is 5.92 Å². The Morgan fingerprint density at radius 3 is 2.37 bits per heavy atom. The molecule has 280 valence electrons. The van der Waals surface area contributed by atoms with Crippen molar-refractivity contribution in [1.29, 1.82) is 5.26 Å². The summed E-state index contributed by atoms with van der Waals surface area (Å²) in [5.41, 5.74) is 2.00. The van der Waals surface area contributed by atoms with E-state index >= 15 is 0 Å². The lowest BCUT2D eigenvalue weighted by Gasteiger charge is -2.32. The number of nitriles is 1. The molecule has 1 aliphatic heterocycles. The number of carbonyl (C=O) groups is 3. The number of hydrogen-bond acceptors (Lipinski definition) is 9. The van der Waals surface area contributed by atoms with Gasteiger partial charge in [0, 0.05) is 61.2 Å². The van der Waals surface area contributed by atoms with E-state index in [0.717, 1.165) is 12.8 Å². The van der Waals surface area contributed by atoms with Gasteiger partial charge in [-0.15, -0.1) is 0 Å². The maximum atomic E-state index is 15.0. The standard InChI is InChI=1S/C33H27ClF2N8O3.C2HF3O2/c34-25-17-22(1-2-23(25)33(46)43-13-7-20(8-14-43)18-41-32(45)21-5-10-38-11-6-21)42-30-31-40-19-26(44(31)15-12-39-30)24-3-4-27(47-16-9-37)29(36)28(24)35;3-2(4,5)1(6)7/h1-6,10-12,15,17,19-20H,7-8,13-14,16,18H2,(H,39,42)(H,41,45);(H,6,7). The third kappa shape index (κ3) is 9.16. The minimum atomic E-state index is -5.08. The zero-order chi connectivity index (χ0) is 39.0. The second-order valence-corrected chi connectivity index (χ2v) is 12.0. The highest BCUT2D eigenvalue weighted by atomic mass is 35.5. The van der Waals surface area contributed by atoms with Crippen molar-refractivity contribution in [1.82, 2.24) is 29.6 Å². The normalized spacial score (nSPS) is 13.0. The van der Waals surface area contributed by atoms with E-state index in [1.807, 2.05) is 0 Å². The number of pyridine rings is 1. The molecular weight excluding hydrogens is 743 g/mol. The summed E-state index contributed by atoms with van der Waals surface area (Å²) >= 11 is 6.57. The van der Waals surface area contributed by atoms with Crippen molar-refractivity contribution in [2.45, 2.75) is 19.0 Å². The predicted octanol–water partition coefficient (Wildman–Crippen LogP) is 6.28. The Morgan fingerprint density at radius 2 is 1.72 bits per heavy atom. The number of hydrogen-bond donors (Lipinski definition) is 3. The molecular formula is C35H28ClF5N8O5. The molecule has 3 N–H and O–H groups in total. The first-order chi connectivity index (χ1) is 25.8. The van der Waals surface area contributed by atoms with Gasteiger partial charge in [-0.2, -0.15) is 22.8 Å². The zero-order valence-corrected chi connectivity index (χ0v) is 28.5. The monoisotopic (exact) mass is 770 g/mol. The van der Waals surface area contributed by atoms with Crippen LogP contribution in [0.25, 0.3) is 16.9 Å². The fraction of sp³-hybridized carbons (Fsp3) is 0.229. The number of rotatable bonds is 9. The van der Waals surface area contributed by atoms with Crippen molar-refractivity contribution < 1.29 is 46.2 Å². The highest BCUT2D eigenvalue weighted by molar-refractivity contribution is 6.34. The van der Waals surface area contributed by atoms with Crippen LogP contribution < -0.4 is 15.4 Å². The molecule has 19 heteroatoms. The van der Waals surface area contributed by atoms with Crippen LogP contribution in [0.1, 0.15) is 33.6 Å². The van der Waals surface area contributed by atoms with E-state index in [4.69, 9.17) is 31.5 Å². The molecule has 5 aromatic rings. The number of carboxylic acids is 1. The molecule has 1 fully saturated rings. The summed E-state index contributed by atoms with van der Waals surface area (Å²) in [7, 11) is 0. The topological polar surface area (TPSA) is 175 Å². The number of halogens is 6. The number of likely N-dealkylation sites (tertiary alicyclic amines) is 1. The number of aromatic nitrogens is 4. The van der Waals surface area contributed by atoms with Gasteiger partial charge in [-0.05, 0) is 61.2 Å². The molecule has 6 rings (SSSR count). The molecule has 0 aliphatic carbocycles. The van der Waals surface area contributed by atoms with Gasteiger partial charge in [0.25, 0.3) is 11.8 Å². The molecule has 0 spiro atoms. The number of anilines is 2. The second-order valence-electron chi connectivity index (χ2n) is 11.6. The number of carboxylic acid groups (broad SMARTS) is 1. The number of nitrogens with zero attached hydrogens (tertiary/aromatic N) is 6. The van der Waals surface area contributed by atoms with Crippen LogP contribution in [-0.4, -0.2) is 79.6 Å². The third-order valence-corrected chi connectivity index (χ3v) is 8.46. The highest BCUT2D eigenvalue weighted by Crippen LogP contribution is 2.32. The summed E-state index contributed by atoms with van der Waals surface area (Å²) in [5, 5.41) is 22.1. The van der Waals surface area contributed by atoms with E-state index in [9.17, 15) is 31.5 Å². The third-order valence-electron chi connectivity index (χ3n) is 8.14. The summed E-state index contributed by atoms with van der Waals surface area (Å²) in [4.78, 5) is 49.0. The van der Waals surface area contributed by atoms with Crippen LogP contribution in [0.4, 0.5) is 33.5 Å². The van der Waals surface area contributed by atoms with Crippen molar-refractivity contribution in [2.75, 3.05) is 31.6 Å². The number of carbonyl (C=O) groups excluding carboxylic acids is 2. The number of piperidine rings is 1. The molecule has 0 saturated carbocycles. The summed E-state index contributed by atoms with van der Waals surface area (Å²) in [6.07, 6.45) is 3.99. The van der Waals surface area contributed by atoms with Gasteiger partial charge in [0.2, 0.25) is 5.82 Å². The molecule has 13 nitrogen and oxygen atoms in total. The van der Waals surface area contributed by atoms with Gasteiger partial charge in [-0.3, -0.25) is 19.0 Å². The van der Waals surface area contributed by atoms with Crippen LogP contribution in [0.15, 0.2) is 73.4 Å². The lowest BCUT2D eigenvalue weighted by molar-refractivity contribution is -0.192. The second kappa shape index (κ2) is 17.0. The number of nitrogens with one attached hydrogen (secondary N) is 2. The maximum Gasteiger partial charge on any atom is 0.490 e. The summed E-state index contributed by atoms with van der Waals surface area (Å²) in [6, 6.07) is 12.6. The largest absolute Gasteiger partial charge is 0.490 e. The number of ether oxygens (including phenoxy) is 1. The lowest BCUT2D eigenvalue weighted by atomic mass is 9.96. The van der Waals surface area contributed by atoms with E-state index in [1.165, 1.54) is 24.5 Å². The molecule has 3 aromatic heterocycles. The number of benzene rings is 2. The molecule has 0 atom stereocenters. The maximum absolute atomic E-state index is 15.0. The summed E-state index contributed by atoms with van der Waals surface area (Å²) < 4.78 is 67.8. The fourth-order valence-electron chi connectivity index (χ4n) is 5.41. The minimum absolute atomic E-state index is 0.0545. The Hall–Kier alpha value is -6.35. The SMILES string of the molecule is N#CCOc1ccc(-c2cnc3c(Nc4ccc(C(=O)N5CCC(CNC(=O)c6ccncc6)CC5)c(Cl)c4)nccn23)c(F)c1F.O=C(O)C(F)(F)F. The highest BCUT2D eigenvalue weighted by Gasteiger charge is 2.38. The van der Waals surface area contributed by atoms with Crippen LogP contribution in [0.2, 0.25) is 5.02 Å². The van der Waals surface area contributed by atoms with Crippen molar-refractivity contribution in [3.05, 3.63) is 101 Å². The van der Waals surface area contributed by atoms with Crippen LogP contribution >= 0.6 is 11.6 Å². The molecule has 0 unspecified atom stereocenters. The van der Waals surface area contributed by atoms with Crippen LogP contribution in [0.5, 0.6) is 5.75 Å². The van der Waals surface area contributed by atoms with Gasteiger partial charge >= 0.3 is 12.1 Å². The summed E-state index contributed by atoms with van der Waals surface area (Å²) in [5.74, 6) is -5.23. The average molecular weight is 771 g/mol. The van der Waals surface area contributed by atoms with Gasteiger partial charge in [0.1, 0.15) is 6.07 Å². The molecule has 0 radical (unpaired) electrons. The first-order valence-electron chi connectivity index (χ1n) is 15.9. The number of imidazole rings is 1. The Morgan fingerprint density at radius 1 is 1.02 bits per heavy atom. The van der Waals surface area contributed by atoms with Crippen LogP contribution in [0, 0.1) is 28.9 Å². The predicted molar refractivity (Wildman–Crippen MR) is 183 cm³/mol. The minimum Gasteiger partial charge on any atom is -0.476 e. The van der Waals surface area contributed by atoms with Crippen molar-refractivity contribution in [3.8, 4) is 23.1 Å². The average Bonchev–Trinajstić information content (AvgIpc) is 3.59. The van der Waals surface area contributed by atoms with Gasteiger partial charge in [0.05, 0.1) is 22.5 Å². The molecule has 2 aromatic carbocycles. The number of alkyl halides is 3. The van der Waals surface area contributed by atoms with E-state index in [0.29, 0.717) is 47.9 Å². The quantitative estimate of drug-likeness (QED) is 0.145. The van der Waals surface area contributed by atoms with Crippen LogP contribution in [0.3, 0.4) is 0 Å². The molecule has 1 aliphatic rings. The molecule has 2 amide bonds. The first kappa shape index (κ1) is 38.9. The van der Waals surface area contributed by atoms with E-state index in [-0.39, 0.29) is 39.8 Å². The molecule has 1 saturated heterocycles. The molecule has 4 heterocycles. The molecule has 54 heavy (non-hydrogen) atoms. The molecule has 0 bridgehead atoms. The zero-order valence-electron chi connectivity index (χ0n) is 27.8. The van der Waals surface area contributed by atoms with E-state index < -0.39 is 30.4 Å². The van der Waals surface area contributed by atoms with E-state index in [1.54, 1.807) is 64.3 Å². The Labute approximate surface area is 308 Å². The summed E-state index contributed by atoms with van der Waals surface area (Å²) in [6.45, 7) is 1.19. The number of fused-ring (bicyclic) bond motifs is 1. The van der Waals surface area contributed by atoms with Gasteiger partial charge < -0.3 is 25.4 Å². The Balaban J connectivity index is 0.000000730. The Kier molecular flexibility index (Phi) is 12.2. The number of aliphatic carboxylic acids is 1. The lowest BCUT2D eigenvalue weighted by Crippen LogP contribution is -2.41. The Bertz CT molecular complexity index is 2210. The fourth-order valence-corrected chi connectivity index (χ4v) is 5.68. The number of amides is 2. The van der Waals surface area contributed by atoms with E-state index in [2.05, 4.69) is 25.6 Å². The van der Waals surface area contributed by atoms with Gasteiger partial charge in [-0.1, -0.05) is 11.6 Å².